The van der Waals surface area contributed by atoms with E-state index < -0.39 is 0 Å². The average Bonchev–Trinajstić information content (AvgIpc) is 3.64. The molecule has 9 nitrogen and oxygen atoms in total. The number of aromatic nitrogens is 4. The largest absolute Gasteiger partial charge is 0.497 e. The zero-order chi connectivity index (χ0) is 22.6. The molecule has 33 heavy (non-hydrogen) atoms. The molecule has 0 amide bonds. The van der Waals surface area contributed by atoms with Crippen molar-refractivity contribution in [2.45, 2.75) is 63.3 Å². The third kappa shape index (κ3) is 4.85. The van der Waals surface area contributed by atoms with Gasteiger partial charge in [0.15, 0.2) is 5.82 Å². The van der Waals surface area contributed by atoms with Crippen molar-refractivity contribution in [1.29, 1.82) is 0 Å². The van der Waals surface area contributed by atoms with Crippen LogP contribution in [-0.2, 0) is 11.3 Å². The van der Waals surface area contributed by atoms with Crippen LogP contribution in [0.15, 0.2) is 18.2 Å². The van der Waals surface area contributed by atoms with E-state index in [1.54, 1.807) is 14.2 Å². The van der Waals surface area contributed by atoms with E-state index in [2.05, 4.69) is 31.4 Å². The summed E-state index contributed by atoms with van der Waals surface area (Å²) in [5.74, 6) is 2.42. The lowest BCUT2D eigenvalue weighted by atomic mass is 10.0. The summed E-state index contributed by atoms with van der Waals surface area (Å²) in [6.07, 6.45) is 7.75. The van der Waals surface area contributed by atoms with Gasteiger partial charge in [0, 0.05) is 50.5 Å². The first-order valence-electron chi connectivity index (χ1n) is 12.3. The number of hydrogen-bond acceptors (Lipinski definition) is 8. The normalized spacial score (nSPS) is 23.8. The third-order valence-corrected chi connectivity index (χ3v) is 7.50. The van der Waals surface area contributed by atoms with Crippen LogP contribution in [0.3, 0.4) is 0 Å². The van der Waals surface area contributed by atoms with Crippen molar-refractivity contribution in [2.75, 3.05) is 47.0 Å². The van der Waals surface area contributed by atoms with Crippen molar-refractivity contribution in [1.82, 2.24) is 30.0 Å². The first kappa shape index (κ1) is 22.6. The van der Waals surface area contributed by atoms with Crippen molar-refractivity contribution in [2.24, 2.45) is 0 Å². The second-order valence-electron chi connectivity index (χ2n) is 9.37. The van der Waals surface area contributed by atoms with Gasteiger partial charge in [-0.05, 0) is 48.2 Å². The highest BCUT2D eigenvalue weighted by molar-refractivity contribution is 5.44. The van der Waals surface area contributed by atoms with Crippen LogP contribution >= 0.6 is 0 Å². The fraction of sp³-hybridized carbons (Fsp3) is 0.708. The van der Waals surface area contributed by atoms with Gasteiger partial charge in [-0.1, -0.05) is 12.8 Å². The molecule has 3 fully saturated rings. The maximum Gasteiger partial charge on any atom is 0.173 e. The monoisotopic (exact) mass is 456 g/mol. The molecule has 0 spiro atoms. The van der Waals surface area contributed by atoms with Crippen LogP contribution in [0.25, 0.3) is 0 Å². The molecule has 2 aliphatic heterocycles. The van der Waals surface area contributed by atoms with Gasteiger partial charge in [-0.25, -0.2) is 4.68 Å². The zero-order valence-corrected chi connectivity index (χ0v) is 19.9. The average molecular weight is 457 g/mol. The quantitative estimate of drug-likeness (QED) is 0.600. The Balaban J connectivity index is 1.44. The summed E-state index contributed by atoms with van der Waals surface area (Å²) in [7, 11) is 3.39. The van der Waals surface area contributed by atoms with Gasteiger partial charge in [0.1, 0.15) is 17.5 Å². The molecular weight excluding hydrogens is 420 g/mol. The zero-order valence-electron chi connectivity index (χ0n) is 19.9. The molecule has 2 atom stereocenters. The van der Waals surface area contributed by atoms with Crippen molar-refractivity contribution in [3.8, 4) is 11.5 Å². The standard InChI is InChI=1S/C24H36N6O3/c1-31-19-9-10-21(22(16-19)32-2)23(24-25-26-27-30(24)17-20-8-5-15-33-20)29-13-11-28(12-14-29)18-6-3-4-7-18/h9-10,16,18,20,23H,3-8,11-15,17H2,1-2H3. The molecule has 5 rings (SSSR count). The maximum absolute atomic E-state index is 5.88. The smallest absolute Gasteiger partial charge is 0.173 e. The number of rotatable bonds is 8. The molecule has 2 aromatic rings. The summed E-state index contributed by atoms with van der Waals surface area (Å²) in [6, 6.07) is 6.70. The highest BCUT2D eigenvalue weighted by Gasteiger charge is 2.35. The highest BCUT2D eigenvalue weighted by Crippen LogP contribution is 2.37. The van der Waals surface area contributed by atoms with E-state index in [0.29, 0.717) is 6.54 Å². The second-order valence-corrected chi connectivity index (χ2v) is 9.37. The molecule has 1 aromatic heterocycles. The lowest BCUT2D eigenvalue weighted by molar-refractivity contribution is 0.0714. The Labute approximate surface area is 196 Å². The van der Waals surface area contributed by atoms with Crippen LogP contribution in [0.1, 0.15) is 56.0 Å². The van der Waals surface area contributed by atoms with E-state index in [9.17, 15) is 0 Å². The number of benzene rings is 1. The number of nitrogens with zero attached hydrogens (tertiary/aromatic N) is 6. The van der Waals surface area contributed by atoms with Crippen LogP contribution in [-0.4, -0.2) is 89.2 Å². The fourth-order valence-electron chi connectivity index (χ4n) is 5.69. The van der Waals surface area contributed by atoms with Crippen molar-refractivity contribution >= 4 is 0 Å². The van der Waals surface area contributed by atoms with E-state index in [1.165, 1.54) is 25.7 Å². The summed E-state index contributed by atoms with van der Waals surface area (Å²) in [5, 5.41) is 13.0. The number of piperazine rings is 1. The summed E-state index contributed by atoms with van der Waals surface area (Å²) in [6.45, 7) is 5.60. The van der Waals surface area contributed by atoms with Crippen LogP contribution in [0.4, 0.5) is 0 Å². The van der Waals surface area contributed by atoms with Crippen LogP contribution < -0.4 is 9.47 Å². The summed E-state index contributed by atoms with van der Waals surface area (Å²) < 4.78 is 19.1. The Kier molecular flexibility index (Phi) is 7.08. The van der Waals surface area contributed by atoms with E-state index in [4.69, 9.17) is 14.2 Å². The maximum atomic E-state index is 5.88. The molecule has 1 aromatic carbocycles. The van der Waals surface area contributed by atoms with E-state index in [-0.39, 0.29) is 12.1 Å². The van der Waals surface area contributed by atoms with Gasteiger partial charge in [0.25, 0.3) is 0 Å². The van der Waals surface area contributed by atoms with Crippen molar-refractivity contribution in [3.05, 3.63) is 29.6 Å². The highest BCUT2D eigenvalue weighted by atomic mass is 16.5. The minimum Gasteiger partial charge on any atom is -0.497 e. The first-order chi connectivity index (χ1) is 16.3. The topological polar surface area (TPSA) is 77.8 Å². The van der Waals surface area contributed by atoms with Gasteiger partial charge < -0.3 is 14.2 Å². The summed E-state index contributed by atoms with van der Waals surface area (Å²) >= 11 is 0. The van der Waals surface area contributed by atoms with E-state index in [1.807, 2.05) is 16.8 Å². The molecule has 2 unspecified atom stereocenters. The first-order valence-corrected chi connectivity index (χ1v) is 12.3. The number of methoxy groups -OCH3 is 2. The summed E-state index contributed by atoms with van der Waals surface area (Å²) in [4.78, 5) is 5.19. The molecule has 9 heteroatoms. The van der Waals surface area contributed by atoms with Crippen molar-refractivity contribution < 1.29 is 14.2 Å². The Hall–Kier alpha value is -2.23. The second kappa shape index (κ2) is 10.4. The Morgan fingerprint density at radius 2 is 1.85 bits per heavy atom. The molecule has 3 aliphatic rings. The van der Waals surface area contributed by atoms with Gasteiger partial charge in [-0.15, -0.1) is 5.10 Å². The molecule has 0 N–H and O–H groups in total. The van der Waals surface area contributed by atoms with Gasteiger partial charge in [0.05, 0.1) is 26.9 Å². The lowest BCUT2D eigenvalue weighted by Crippen LogP contribution is -2.51. The van der Waals surface area contributed by atoms with Crippen molar-refractivity contribution in [3.63, 3.8) is 0 Å². The predicted octanol–water partition coefficient (Wildman–Crippen LogP) is 2.52. The van der Waals surface area contributed by atoms with E-state index >= 15 is 0 Å². The molecule has 3 heterocycles. The minimum absolute atomic E-state index is 0.0898. The van der Waals surface area contributed by atoms with Crippen LogP contribution in [0, 0.1) is 0 Å². The molecule has 2 saturated heterocycles. The molecular formula is C24H36N6O3. The Morgan fingerprint density at radius 1 is 1.03 bits per heavy atom. The molecule has 1 aliphatic carbocycles. The summed E-state index contributed by atoms with van der Waals surface area (Å²) in [5.41, 5.74) is 1.07. The number of ether oxygens (including phenoxy) is 3. The van der Waals surface area contributed by atoms with Crippen LogP contribution in [0.5, 0.6) is 11.5 Å². The SMILES string of the molecule is COc1ccc(C(c2nnnn2CC2CCCO2)N2CCN(C3CCCC3)CC2)c(OC)c1. The molecule has 1 saturated carbocycles. The molecule has 0 radical (unpaired) electrons. The van der Waals surface area contributed by atoms with Crippen LogP contribution in [0.2, 0.25) is 0 Å². The predicted molar refractivity (Wildman–Crippen MR) is 124 cm³/mol. The van der Waals surface area contributed by atoms with Gasteiger partial charge in [-0.3, -0.25) is 9.80 Å². The third-order valence-electron chi connectivity index (χ3n) is 7.50. The number of hydrogen-bond donors (Lipinski definition) is 0. The van der Waals surface area contributed by atoms with Gasteiger partial charge in [0.2, 0.25) is 0 Å². The number of tetrazole rings is 1. The molecule has 0 bridgehead atoms. The van der Waals surface area contributed by atoms with Gasteiger partial charge in [-0.2, -0.15) is 0 Å². The Bertz CT molecular complexity index is 901. The van der Waals surface area contributed by atoms with E-state index in [0.717, 1.165) is 74.6 Å². The van der Waals surface area contributed by atoms with Gasteiger partial charge >= 0.3 is 0 Å². The minimum atomic E-state index is -0.0898. The lowest BCUT2D eigenvalue weighted by Gasteiger charge is -2.41. The Morgan fingerprint density at radius 3 is 2.55 bits per heavy atom. The fourth-order valence-corrected chi connectivity index (χ4v) is 5.69. The molecule has 180 valence electrons.